The lowest BCUT2D eigenvalue weighted by molar-refractivity contribution is -0.131. The van der Waals surface area contributed by atoms with E-state index in [1.165, 1.54) is 27.9 Å². The van der Waals surface area contributed by atoms with Crippen molar-refractivity contribution < 1.29 is 9.18 Å². The van der Waals surface area contributed by atoms with Crippen LogP contribution in [0.25, 0.3) is 10.9 Å². The summed E-state index contributed by atoms with van der Waals surface area (Å²) in [7, 11) is 1.66. The first-order chi connectivity index (χ1) is 14.5. The number of halogens is 1. The summed E-state index contributed by atoms with van der Waals surface area (Å²) in [6, 6.07) is 13.8. The molecule has 2 heterocycles. The van der Waals surface area contributed by atoms with Crippen LogP contribution in [0.3, 0.4) is 0 Å². The molecule has 0 aliphatic carbocycles. The number of carbonyl (C=O) groups is 1. The second kappa shape index (κ2) is 8.28. The number of nitrogens with zero attached hydrogens (tertiary/aromatic N) is 5. The molecule has 152 valence electrons. The van der Waals surface area contributed by atoms with Crippen LogP contribution in [0.2, 0.25) is 0 Å². The smallest absolute Gasteiger partial charge is 0.261 e. The molecule has 2 aromatic heterocycles. The molecule has 0 radical (unpaired) electrons. The molecule has 4 aromatic rings. The first kappa shape index (κ1) is 19.5. The molecule has 0 aliphatic rings. The van der Waals surface area contributed by atoms with Crippen molar-refractivity contribution in [3.63, 3.8) is 0 Å². The van der Waals surface area contributed by atoms with Gasteiger partial charge in [0.05, 0.1) is 30.0 Å². The van der Waals surface area contributed by atoms with Crippen LogP contribution >= 0.6 is 0 Å². The molecule has 7 nitrogen and oxygen atoms in total. The van der Waals surface area contributed by atoms with Crippen LogP contribution in [0, 0.1) is 5.82 Å². The Morgan fingerprint density at radius 3 is 2.73 bits per heavy atom. The maximum Gasteiger partial charge on any atom is 0.261 e. The minimum atomic E-state index is -0.518. The Kier molecular flexibility index (Phi) is 5.38. The number of fused-ring (bicyclic) bond motifs is 1. The van der Waals surface area contributed by atoms with Gasteiger partial charge in [0.15, 0.2) is 0 Å². The first-order valence-corrected chi connectivity index (χ1v) is 9.43. The summed E-state index contributed by atoms with van der Waals surface area (Å²) in [4.78, 5) is 30.8. The number of hydrogen-bond donors (Lipinski definition) is 0. The van der Waals surface area contributed by atoms with Gasteiger partial charge in [0, 0.05) is 25.4 Å². The van der Waals surface area contributed by atoms with Gasteiger partial charge in [0.2, 0.25) is 5.91 Å². The van der Waals surface area contributed by atoms with E-state index in [0.29, 0.717) is 18.6 Å². The monoisotopic (exact) mass is 405 g/mol. The van der Waals surface area contributed by atoms with Crippen molar-refractivity contribution in [1.82, 2.24) is 24.2 Å². The maximum absolute atomic E-state index is 13.5. The summed E-state index contributed by atoms with van der Waals surface area (Å²) in [5.74, 6) is -0.777. The molecule has 30 heavy (non-hydrogen) atoms. The molecule has 0 saturated heterocycles. The molecule has 0 fully saturated rings. The van der Waals surface area contributed by atoms with Crippen LogP contribution in [-0.4, -0.2) is 37.2 Å². The van der Waals surface area contributed by atoms with E-state index in [2.05, 4.69) is 10.1 Å². The molecule has 0 atom stereocenters. The number of rotatable bonds is 6. The fourth-order valence-electron chi connectivity index (χ4n) is 3.22. The number of amides is 1. The lowest BCUT2D eigenvalue weighted by Crippen LogP contribution is -2.33. The number of hydrogen-bond acceptors (Lipinski definition) is 4. The van der Waals surface area contributed by atoms with Gasteiger partial charge in [0.1, 0.15) is 12.4 Å². The highest BCUT2D eigenvalue weighted by Gasteiger charge is 2.14. The Morgan fingerprint density at radius 2 is 1.93 bits per heavy atom. The topological polar surface area (TPSA) is 73.0 Å². The lowest BCUT2D eigenvalue weighted by Gasteiger charge is -2.17. The van der Waals surface area contributed by atoms with E-state index in [9.17, 15) is 14.0 Å². The lowest BCUT2D eigenvalue weighted by atomic mass is 10.2. The molecule has 1 amide bonds. The van der Waals surface area contributed by atoms with E-state index in [4.69, 9.17) is 0 Å². The maximum atomic E-state index is 13.5. The standard InChI is InChI=1S/C22H20FN5O2/c1-26(11-17-10-25-28(13-17)12-16-5-3-2-4-6-16)21(29)14-27-15-24-20-8-7-18(23)9-19(20)22(27)30/h2-10,13,15H,11-12,14H2,1H3. The molecule has 0 N–H and O–H groups in total. The first-order valence-electron chi connectivity index (χ1n) is 9.43. The van der Waals surface area contributed by atoms with Crippen molar-refractivity contribution in [1.29, 1.82) is 0 Å². The summed E-state index contributed by atoms with van der Waals surface area (Å²) in [5, 5.41) is 4.49. The quantitative estimate of drug-likeness (QED) is 0.494. The predicted molar refractivity (Wildman–Crippen MR) is 110 cm³/mol. The van der Waals surface area contributed by atoms with Gasteiger partial charge in [-0.3, -0.25) is 18.8 Å². The van der Waals surface area contributed by atoms with Gasteiger partial charge in [-0.05, 0) is 23.8 Å². The zero-order valence-electron chi connectivity index (χ0n) is 16.4. The largest absolute Gasteiger partial charge is 0.340 e. The van der Waals surface area contributed by atoms with E-state index < -0.39 is 11.4 Å². The van der Waals surface area contributed by atoms with Crippen LogP contribution in [0.5, 0.6) is 0 Å². The Balaban J connectivity index is 1.43. The molecule has 0 spiro atoms. The zero-order chi connectivity index (χ0) is 21.1. The normalized spacial score (nSPS) is 11.0. The third-order valence-corrected chi connectivity index (χ3v) is 4.81. The predicted octanol–water partition coefficient (Wildman–Crippen LogP) is 2.44. The molecule has 2 aromatic carbocycles. The van der Waals surface area contributed by atoms with Crippen LogP contribution in [-0.2, 0) is 24.4 Å². The average Bonchev–Trinajstić information content (AvgIpc) is 3.17. The highest BCUT2D eigenvalue weighted by Crippen LogP contribution is 2.09. The second-order valence-electron chi connectivity index (χ2n) is 7.12. The minimum Gasteiger partial charge on any atom is -0.340 e. The van der Waals surface area contributed by atoms with Crippen molar-refractivity contribution in [3.8, 4) is 0 Å². The van der Waals surface area contributed by atoms with Gasteiger partial charge in [-0.1, -0.05) is 30.3 Å². The minimum absolute atomic E-state index is 0.148. The molecule has 0 aliphatic heterocycles. The SMILES string of the molecule is CN(Cc1cnn(Cc2ccccc2)c1)C(=O)Cn1cnc2ccc(F)cc2c1=O. The number of likely N-dealkylation sites (N-methyl/N-ethyl adjacent to an activating group) is 1. The fourth-order valence-corrected chi connectivity index (χ4v) is 3.22. The molecule has 0 bridgehead atoms. The van der Waals surface area contributed by atoms with Gasteiger partial charge in [0.25, 0.3) is 5.56 Å². The van der Waals surface area contributed by atoms with Crippen molar-refractivity contribution in [2.75, 3.05) is 7.05 Å². The van der Waals surface area contributed by atoms with Crippen LogP contribution in [0.1, 0.15) is 11.1 Å². The zero-order valence-corrected chi connectivity index (χ0v) is 16.4. The van der Waals surface area contributed by atoms with Gasteiger partial charge in [-0.15, -0.1) is 0 Å². The summed E-state index contributed by atoms with van der Waals surface area (Å²) in [5.41, 5.74) is 1.96. The molecule has 8 heteroatoms. The van der Waals surface area contributed by atoms with Crippen LogP contribution in [0.4, 0.5) is 4.39 Å². The fraction of sp³-hybridized carbons (Fsp3) is 0.182. The van der Waals surface area contributed by atoms with Gasteiger partial charge < -0.3 is 4.90 Å². The Hall–Kier alpha value is -3.81. The van der Waals surface area contributed by atoms with E-state index in [1.54, 1.807) is 13.2 Å². The second-order valence-corrected chi connectivity index (χ2v) is 7.12. The van der Waals surface area contributed by atoms with Crippen LogP contribution < -0.4 is 5.56 Å². The average molecular weight is 405 g/mol. The third-order valence-electron chi connectivity index (χ3n) is 4.81. The Morgan fingerprint density at radius 1 is 1.13 bits per heavy atom. The Bertz CT molecular complexity index is 1250. The van der Waals surface area contributed by atoms with E-state index in [1.807, 2.05) is 41.2 Å². The molecule has 4 rings (SSSR count). The van der Waals surface area contributed by atoms with Crippen molar-refractivity contribution >= 4 is 16.8 Å². The number of benzene rings is 2. The van der Waals surface area contributed by atoms with E-state index >= 15 is 0 Å². The van der Waals surface area contributed by atoms with E-state index in [0.717, 1.165) is 17.2 Å². The summed E-state index contributed by atoms with van der Waals surface area (Å²) in [6.45, 7) is 0.832. The van der Waals surface area contributed by atoms with Crippen molar-refractivity contribution in [2.24, 2.45) is 0 Å². The van der Waals surface area contributed by atoms with Crippen LogP contribution in [0.15, 0.2) is 72.0 Å². The molecular formula is C22H20FN5O2. The highest BCUT2D eigenvalue weighted by atomic mass is 19.1. The van der Waals surface area contributed by atoms with Gasteiger partial charge >= 0.3 is 0 Å². The number of carbonyl (C=O) groups excluding carboxylic acids is 1. The van der Waals surface area contributed by atoms with E-state index in [-0.39, 0.29) is 17.8 Å². The van der Waals surface area contributed by atoms with Crippen molar-refractivity contribution in [2.45, 2.75) is 19.6 Å². The Labute approximate surface area is 172 Å². The number of aromatic nitrogens is 4. The molecule has 0 unspecified atom stereocenters. The summed E-state index contributed by atoms with van der Waals surface area (Å²) >= 11 is 0. The van der Waals surface area contributed by atoms with Gasteiger partial charge in [-0.2, -0.15) is 5.10 Å². The summed E-state index contributed by atoms with van der Waals surface area (Å²) in [6.07, 6.45) is 4.93. The highest BCUT2D eigenvalue weighted by molar-refractivity contribution is 5.79. The van der Waals surface area contributed by atoms with Gasteiger partial charge in [-0.25, -0.2) is 9.37 Å². The van der Waals surface area contributed by atoms with Crippen molar-refractivity contribution in [3.05, 3.63) is 94.5 Å². The molecular weight excluding hydrogens is 385 g/mol. The summed E-state index contributed by atoms with van der Waals surface area (Å²) < 4.78 is 16.5. The third kappa shape index (κ3) is 4.27. The molecule has 0 saturated carbocycles.